The van der Waals surface area contributed by atoms with Crippen molar-refractivity contribution in [3.8, 4) is 12.1 Å². The van der Waals surface area contributed by atoms with E-state index in [1.54, 1.807) is 28.0 Å². The Labute approximate surface area is 170 Å². The average molecular weight is 392 g/mol. The highest BCUT2D eigenvalue weighted by atomic mass is 16.2. The van der Waals surface area contributed by atoms with Crippen molar-refractivity contribution < 1.29 is 9.59 Å². The molecule has 0 spiro atoms. The molecule has 8 nitrogen and oxygen atoms in total. The number of carbonyl (C=O) groups is 2. The second-order valence-electron chi connectivity index (χ2n) is 8.31. The third-order valence-corrected chi connectivity index (χ3v) is 6.21. The fourth-order valence-electron chi connectivity index (χ4n) is 4.88. The molecule has 5 atom stereocenters. The Hall–Kier alpha value is -2.94. The monoisotopic (exact) mass is 392 g/mol. The summed E-state index contributed by atoms with van der Waals surface area (Å²) in [4.78, 5) is 31.1. The van der Waals surface area contributed by atoms with Crippen LogP contribution in [0, 0.1) is 28.6 Å². The van der Waals surface area contributed by atoms with Gasteiger partial charge in [0.25, 0.3) is 0 Å². The average Bonchev–Trinajstić information content (AvgIpc) is 3.39. The molecule has 0 aromatic heterocycles. The number of amides is 2. The van der Waals surface area contributed by atoms with Crippen molar-refractivity contribution in [2.24, 2.45) is 11.7 Å². The van der Waals surface area contributed by atoms with Gasteiger partial charge in [0.15, 0.2) is 0 Å². The summed E-state index contributed by atoms with van der Waals surface area (Å²) in [5.74, 6) is 0.0632. The summed E-state index contributed by atoms with van der Waals surface area (Å²) < 4.78 is 0. The van der Waals surface area contributed by atoms with Crippen LogP contribution >= 0.6 is 0 Å². The van der Waals surface area contributed by atoms with Crippen LogP contribution < -0.4 is 10.6 Å². The van der Waals surface area contributed by atoms with Gasteiger partial charge in [-0.05, 0) is 37.0 Å². The van der Waals surface area contributed by atoms with Crippen LogP contribution in [0.1, 0.15) is 25.3 Å². The van der Waals surface area contributed by atoms with E-state index >= 15 is 0 Å². The van der Waals surface area contributed by atoms with Crippen LogP contribution in [-0.4, -0.2) is 65.4 Å². The van der Waals surface area contributed by atoms with E-state index in [0.717, 1.165) is 5.69 Å². The zero-order valence-electron chi connectivity index (χ0n) is 16.4. The molecule has 3 aliphatic heterocycles. The maximum atomic E-state index is 12.9. The van der Waals surface area contributed by atoms with Gasteiger partial charge in [-0.2, -0.15) is 10.5 Å². The molecular weight excluding hydrogens is 368 g/mol. The van der Waals surface area contributed by atoms with Crippen molar-refractivity contribution >= 4 is 17.5 Å². The summed E-state index contributed by atoms with van der Waals surface area (Å²) >= 11 is 0. The van der Waals surface area contributed by atoms with Gasteiger partial charge in [-0.3, -0.25) is 14.5 Å². The predicted octanol–water partition coefficient (Wildman–Crippen LogP) is 0.436. The van der Waals surface area contributed by atoms with E-state index in [9.17, 15) is 14.9 Å². The molecule has 150 valence electrons. The first-order valence-electron chi connectivity index (χ1n) is 9.96. The van der Waals surface area contributed by atoms with E-state index in [-0.39, 0.29) is 29.8 Å². The van der Waals surface area contributed by atoms with Crippen LogP contribution in [0.2, 0.25) is 0 Å². The Morgan fingerprint density at radius 2 is 2.10 bits per heavy atom. The number of rotatable bonds is 4. The lowest BCUT2D eigenvalue weighted by Crippen LogP contribution is -2.56. The van der Waals surface area contributed by atoms with Crippen molar-refractivity contribution in [2.75, 3.05) is 24.5 Å². The standard InChI is InChI=1S/C21H24N6O2/c1-13-5-16(9-23)26(10-13)20(28)18(24)12-25-11-17-7-19(25)21(29)27(17)15-4-2-3-14(6-15)8-22/h2-4,6,13,16-19H,5,7,10-12,24H2,1H3/t13?,16?,17-,18?,19?/m0/s1. The number of nitrogens with zero attached hydrogens (tertiary/aromatic N) is 5. The number of benzene rings is 1. The van der Waals surface area contributed by atoms with Gasteiger partial charge in [-0.25, -0.2) is 0 Å². The van der Waals surface area contributed by atoms with E-state index in [2.05, 4.69) is 12.1 Å². The molecule has 3 heterocycles. The Bertz CT molecular complexity index is 918. The van der Waals surface area contributed by atoms with Gasteiger partial charge in [0.2, 0.25) is 11.8 Å². The molecule has 1 aromatic rings. The highest BCUT2D eigenvalue weighted by Gasteiger charge is 2.50. The van der Waals surface area contributed by atoms with E-state index in [1.807, 2.05) is 17.9 Å². The van der Waals surface area contributed by atoms with Crippen molar-refractivity contribution in [1.82, 2.24) is 9.80 Å². The van der Waals surface area contributed by atoms with E-state index < -0.39 is 12.1 Å². The van der Waals surface area contributed by atoms with Crippen LogP contribution in [-0.2, 0) is 9.59 Å². The van der Waals surface area contributed by atoms with E-state index in [4.69, 9.17) is 11.0 Å². The molecule has 3 fully saturated rings. The van der Waals surface area contributed by atoms with Crippen LogP contribution in [0.15, 0.2) is 24.3 Å². The lowest BCUT2D eigenvalue weighted by molar-refractivity contribution is -0.134. The normalized spacial score (nSPS) is 29.7. The molecule has 3 saturated heterocycles. The van der Waals surface area contributed by atoms with Gasteiger partial charge in [-0.15, -0.1) is 0 Å². The first-order valence-corrected chi connectivity index (χ1v) is 9.96. The fraction of sp³-hybridized carbons (Fsp3) is 0.524. The predicted molar refractivity (Wildman–Crippen MR) is 105 cm³/mol. The molecule has 1 aromatic carbocycles. The Morgan fingerprint density at radius 1 is 1.31 bits per heavy atom. The fourth-order valence-corrected chi connectivity index (χ4v) is 4.88. The molecule has 2 N–H and O–H groups in total. The smallest absolute Gasteiger partial charge is 0.244 e. The minimum atomic E-state index is -0.751. The number of likely N-dealkylation sites (tertiary alicyclic amines) is 2. The minimum Gasteiger partial charge on any atom is -0.325 e. The topological polar surface area (TPSA) is 117 Å². The number of carbonyl (C=O) groups excluding carboxylic acids is 2. The van der Waals surface area contributed by atoms with Gasteiger partial charge in [0.05, 0.1) is 35.8 Å². The lowest BCUT2D eigenvalue weighted by Gasteiger charge is -2.35. The molecule has 29 heavy (non-hydrogen) atoms. The molecule has 0 aliphatic carbocycles. The van der Waals surface area contributed by atoms with Crippen molar-refractivity contribution in [3.05, 3.63) is 29.8 Å². The summed E-state index contributed by atoms with van der Waals surface area (Å²) in [6, 6.07) is 9.92. The first-order chi connectivity index (χ1) is 13.9. The molecule has 3 aliphatic rings. The van der Waals surface area contributed by atoms with Gasteiger partial charge in [0, 0.05) is 25.3 Å². The highest BCUT2D eigenvalue weighted by molar-refractivity contribution is 6.01. The van der Waals surface area contributed by atoms with Crippen LogP contribution in [0.4, 0.5) is 5.69 Å². The van der Waals surface area contributed by atoms with E-state index in [1.165, 1.54) is 0 Å². The second kappa shape index (κ2) is 7.47. The number of nitriles is 2. The maximum Gasteiger partial charge on any atom is 0.244 e. The van der Waals surface area contributed by atoms with Gasteiger partial charge in [0.1, 0.15) is 6.04 Å². The van der Waals surface area contributed by atoms with Gasteiger partial charge in [-0.1, -0.05) is 13.0 Å². The van der Waals surface area contributed by atoms with Crippen molar-refractivity contribution in [2.45, 2.75) is 43.9 Å². The highest BCUT2D eigenvalue weighted by Crippen LogP contribution is 2.36. The third-order valence-electron chi connectivity index (χ3n) is 6.21. The minimum absolute atomic E-state index is 0.0133. The summed E-state index contributed by atoms with van der Waals surface area (Å²) in [7, 11) is 0. The second-order valence-corrected chi connectivity index (χ2v) is 8.31. The van der Waals surface area contributed by atoms with Gasteiger partial charge < -0.3 is 15.5 Å². The summed E-state index contributed by atoms with van der Waals surface area (Å²) in [6.45, 7) is 3.53. The number of nitrogens with two attached hydrogens (primary N) is 1. The number of fused-ring (bicyclic) bond motifs is 2. The van der Waals surface area contributed by atoms with Crippen LogP contribution in [0.5, 0.6) is 0 Å². The number of piperazine rings is 1. The molecule has 4 rings (SSSR count). The van der Waals surface area contributed by atoms with Crippen LogP contribution in [0.25, 0.3) is 0 Å². The SMILES string of the molecule is CC1CC(C#N)N(C(=O)C(N)CN2C[C@@H]3CC2C(=O)N3c2cccc(C#N)c2)C1. The third kappa shape index (κ3) is 3.35. The molecular formula is C21H24N6O2. The molecule has 2 bridgehead atoms. The molecule has 0 radical (unpaired) electrons. The zero-order chi connectivity index (χ0) is 20.7. The zero-order valence-corrected chi connectivity index (χ0v) is 16.4. The van der Waals surface area contributed by atoms with Crippen molar-refractivity contribution in [3.63, 3.8) is 0 Å². The van der Waals surface area contributed by atoms with Gasteiger partial charge >= 0.3 is 0 Å². The Balaban J connectivity index is 1.42. The maximum absolute atomic E-state index is 12.9. The molecule has 8 heteroatoms. The summed E-state index contributed by atoms with van der Waals surface area (Å²) in [6.07, 6.45) is 1.37. The number of hydrogen-bond acceptors (Lipinski definition) is 6. The quantitative estimate of drug-likeness (QED) is 0.794. The Kier molecular flexibility index (Phi) is 4.99. The Morgan fingerprint density at radius 3 is 2.79 bits per heavy atom. The summed E-state index contributed by atoms with van der Waals surface area (Å²) in [5.41, 5.74) is 7.46. The molecule has 0 saturated carbocycles. The number of hydrogen-bond donors (Lipinski definition) is 1. The lowest BCUT2D eigenvalue weighted by atomic mass is 10.1. The van der Waals surface area contributed by atoms with E-state index in [0.29, 0.717) is 38.0 Å². The largest absolute Gasteiger partial charge is 0.325 e. The molecule has 2 amide bonds. The summed E-state index contributed by atoms with van der Waals surface area (Å²) in [5, 5.41) is 18.4. The molecule has 4 unspecified atom stereocenters. The first kappa shape index (κ1) is 19.4. The number of anilines is 1. The van der Waals surface area contributed by atoms with Crippen molar-refractivity contribution in [1.29, 1.82) is 10.5 Å². The van der Waals surface area contributed by atoms with Crippen LogP contribution in [0.3, 0.4) is 0 Å².